The summed E-state index contributed by atoms with van der Waals surface area (Å²) in [5.74, 6) is 1.04. The Bertz CT molecular complexity index is 420. The quantitative estimate of drug-likeness (QED) is 0.838. The van der Waals surface area contributed by atoms with Crippen LogP contribution < -0.4 is 5.73 Å². The van der Waals surface area contributed by atoms with Gasteiger partial charge in [-0.25, -0.2) is 4.39 Å². The Morgan fingerprint density at radius 2 is 1.88 bits per heavy atom. The Kier molecular flexibility index (Phi) is 2.37. The minimum absolute atomic E-state index is 0.174. The van der Waals surface area contributed by atoms with Gasteiger partial charge in [0.2, 0.25) is 0 Å². The van der Waals surface area contributed by atoms with Crippen LogP contribution in [0, 0.1) is 17.7 Å². The van der Waals surface area contributed by atoms with Crippen LogP contribution in [0.3, 0.4) is 0 Å². The zero-order valence-electron chi connectivity index (χ0n) is 9.05. The minimum Gasteiger partial charge on any atom is -0.321 e. The average molecular weight is 284 g/mol. The molecule has 86 valence electrons. The zero-order valence-corrected chi connectivity index (χ0v) is 10.6. The first-order valence-electron chi connectivity index (χ1n) is 5.88. The Hall–Kier alpha value is -0.410. The van der Waals surface area contributed by atoms with E-state index in [-0.39, 0.29) is 11.4 Å². The topological polar surface area (TPSA) is 26.0 Å². The SMILES string of the molecule is NC1(c2ccc(F)c(Br)c2)C2CCCCC21. The maximum Gasteiger partial charge on any atom is 0.137 e. The van der Waals surface area contributed by atoms with E-state index in [1.54, 1.807) is 0 Å². The summed E-state index contributed by atoms with van der Waals surface area (Å²) in [4.78, 5) is 0. The van der Waals surface area contributed by atoms with Gasteiger partial charge in [-0.3, -0.25) is 0 Å². The molecule has 2 saturated carbocycles. The number of hydrogen-bond acceptors (Lipinski definition) is 1. The monoisotopic (exact) mass is 283 g/mol. The molecule has 1 nitrogen and oxygen atoms in total. The first-order valence-corrected chi connectivity index (χ1v) is 6.67. The van der Waals surface area contributed by atoms with Crippen LogP contribution in [0.25, 0.3) is 0 Å². The molecule has 0 saturated heterocycles. The van der Waals surface area contributed by atoms with Crippen molar-refractivity contribution in [3.8, 4) is 0 Å². The van der Waals surface area contributed by atoms with Crippen LogP contribution in [-0.2, 0) is 5.54 Å². The van der Waals surface area contributed by atoms with E-state index in [0.717, 1.165) is 5.56 Å². The molecule has 2 N–H and O–H groups in total. The van der Waals surface area contributed by atoms with Gasteiger partial charge in [0, 0.05) is 5.54 Å². The molecule has 2 aliphatic rings. The molecule has 2 aliphatic carbocycles. The van der Waals surface area contributed by atoms with Gasteiger partial charge < -0.3 is 5.73 Å². The molecule has 1 aromatic rings. The van der Waals surface area contributed by atoms with Crippen molar-refractivity contribution in [2.24, 2.45) is 17.6 Å². The van der Waals surface area contributed by atoms with Gasteiger partial charge in [-0.05, 0) is 58.3 Å². The summed E-state index contributed by atoms with van der Waals surface area (Å²) in [6, 6.07) is 5.21. The molecule has 2 unspecified atom stereocenters. The van der Waals surface area contributed by atoms with Gasteiger partial charge in [-0.15, -0.1) is 0 Å². The van der Waals surface area contributed by atoms with Crippen molar-refractivity contribution in [2.45, 2.75) is 31.2 Å². The van der Waals surface area contributed by atoms with Crippen LogP contribution in [0.5, 0.6) is 0 Å². The van der Waals surface area contributed by atoms with Crippen LogP contribution in [0.1, 0.15) is 31.2 Å². The van der Waals surface area contributed by atoms with Crippen LogP contribution in [0.4, 0.5) is 4.39 Å². The number of nitrogens with two attached hydrogens (primary N) is 1. The van der Waals surface area contributed by atoms with Gasteiger partial charge in [0.25, 0.3) is 0 Å². The number of rotatable bonds is 1. The van der Waals surface area contributed by atoms with Crippen molar-refractivity contribution in [1.82, 2.24) is 0 Å². The normalized spacial score (nSPS) is 36.9. The van der Waals surface area contributed by atoms with E-state index in [4.69, 9.17) is 5.73 Å². The van der Waals surface area contributed by atoms with Crippen molar-refractivity contribution >= 4 is 15.9 Å². The van der Waals surface area contributed by atoms with Crippen LogP contribution in [0.15, 0.2) is 22.7 Å². The zero-order chi connectivity index (χ0) is 11.3. The van der Waals surface area contributed by atoms with E-state index in [1.807, 2.05) is 12.1 Å². The minimum atomic E-state index is -0.212. The number of fused-ring (bicyclic) bond motifs is 1. The molecule has 0 aromatic heterocycles. The van der Waals surface area contributed by atoms with Crippen molar-refractivity contribution in [1.29, 1.82) is 0 Å². The van der Waals surface area contributed by atoms with Gasteiger partial charge in [0.05, 0.1) is 4.47 Å². The van der Waals surface area contributed by atoms with Gasteiger partial charge in [0.15, 0.2) is 0 Å². The first-order chi connectivity index (χ1) is 7.64. The van der Waals surface area contributed by atoms with E-state index in [9.17, 15) is 4.39 Å². The maximum absolute atomic E-state index is 13.2. The van der Waals surface area contributed by atoms with Crippen LogP contribution in [0.2, 0.25) is 0 Å². The molecule has 0 radical (unpaired) electrons. The maximum atomic E-state index is 13.2. The molecule has 0 spiro atoms. The van der Waals surface area contributed by atoms with E-state index in [0.29, 0.717) is 16.3 Å². The molecule has 3 heteroatoms. The Labute approximate surface area is 103 Å². The summed E-state index contributed by atoms with van der Waals surface area (Å²) >= 11 is 3.24. The van der Waals surface area contributed by atoms with Gasteiger partial charge >= 0.3 is 0 Å². The predicted octanol–water partition coefficient (Wildman–Crippen LogP) is 3.56. The summed E-state index contributed by atoms with van der Waals surface area (Å²) in [5.41, 5.74) is 7.41. The lowest BCUT2D eigenvalue weighted by molar-refractivity contribution is 0.480. The lowest BCUT2D eigenvalue weighted by Gasteiger charge is -2.13. The highest BCUT2D eigenvalue weighted by molar-refractivity contribution is 9.10. The largest absolute Gasteiger partial charge is 0.321 e. The lowest BCUT2D eigenvalue weighted by Crippen LogP contribution is -2.23. The van der Waals surface area contributed by atoms with E-state index in [2.05, 4.69) is 15.9 Å². The Morgan fingerprint density at radius 1 is 1.25 bits per heavy atom. The fraction of sp³-hybridized carbons (Fsp3) is 0.538. The number of benzene rings is 1. The van der Waals surface area contributed by atoms with Crippen molar-refractivity contribution in [2.75, 3.05) is 0 Å². The standard InChI is InChI=1S/C13H15BrFN/c14-11-7-8(5-6-12(11)15)13(16)9-3-1-2-4-10(9)13/h5-7,9-10H,1-4,16H2. The van der Waals surface area contributed by atoms with Gasteiger partial charge in [-0.2, -0.15) is 0 Å². The molecule has 0 bridgehead atoms. The van der Waals surface area contributed by atoms with Crippen LogP contribution in [-0.4, -0.2) is 0 Å². The molecular weight excluding hydrogens is 269 g/mol. The molecule has 1 aromatic carbocycles. The molecule has 0 heterocycles. The third-order valence-corrected chi connectivity index (χ3v) is 4.91. The smallest absolute Gasteiger partial charge is 0.137 e. The summed E-state index contributed by atoms with van der Waals surface area (Å²) in [7, 11) is 0. The molecule has 2 atom stereocenters. The lowest BCUT2D eigenvalue weighted by atomic mass is 10.0. The second-order valence-electron chi connectivity index (χ2n) is 5.06. The molecule has 0 aliphatic heterocycles. The third-order valence-electron chi connectivity index (χ3n) is 4.30. The van der Waals surface area contributed by atoms with Gasteiger partial charge in [-0.1, -0.05) is 18.9 Å². The van der Waals surface area contributed by atoms with Gasteiger partial charge in [0.1, 0.15) is 5.82 Å². The number of hydrogen-bond donors (Lipinski definition) is 1. The fourth-order valence-electron chi connectivity index (χ4n) is 3.37. The molecule has 2 fully saturated rings. The molecule has 16 heavy (non-hydrogen) atoms. The second-order valence-corrected chi connectivity index (χ2v) is 5.91. The fourth-order valence-corrected chi connectivity index (χ4v) is 3.74. The third kappa shape index (κ3) is 1.37. The molecule has 3 rings (SSSR count). The average Bonchev–Trinajstić information content (AvgIpc) is 2.91. The Morgan fingerprint density at radius 3 is 2.44 bits per heavy atom. The summed E-state index contributed by atoms with van der Waals surface area (Å²) in [6.07, 6.45) is 5.05. The highest BCUT2D eigenvalue weighted by Crippen LogP contribution is 2.62. The van der Waals surface area contributed by atoms with Crippen molar-refractivity contribution in [3.63, 3.8) is 0 Å². The van der Waals surface area contributed by atoms with E-state index < -0.39 is 0 Å². The summed E-state index contributed by atoms with van der Waals surface area (Å²) in [6.45, 7) is 0. The van der Waals surface area contributed by atoms with E-state index in [1.165, 1.54) is 31.7 Å². The molecule has 0 amide bonds. The first kappa shape index (κ1) is 10.7. The van der Waals surface area contributed by atoms with E-state index >= 15 is 0 Å². The molecular formula is C13H15BrFN. The highest BCUT2D eigenvalue weighted by Gasteiger charge is 2.62. The number of halogens is 2. The summed E-state index contributed by atoms with van der Waals surface area (Å²) in [5, 5.41) is 0. The van der Waals surface area contributed by atoms with Crippen LogP contribution >= 0.6 is 15.9 Å². The summed E-state index contributed by atoms with van der Waals surface area (Å²) < 4.78 is 13.7. The van der Waals surface area contributed by atoms with Crippen molar-refractivity contribution in [3.05, 3.63) is 34.1 Å². The van der Waals surface area contributed by atoms with Crippen molar-refractivity contribution < 1.29 is 4.39 Å². The highest BCUT2D eigenvalue weighted by atomic mass is 79.9. The predicted molar refractivity (Wildman–Crippen MR) is 65.4 cm³/mol. The second kappa shape index (κ2) is 3.54. The Balaban J connectivity index is 1.95.